The normalized spacial score (nSPS) is 11.6. The Morgan fingerprint density at radius 1 is 0.579 bits per heavy atom. The van der Waals surface area contributed by atoms with Gasteiger partial charge in [0, 0.05) is 21.2 Å². The first kappa shape index (κ1) is 24.0. The largest absolute Gasteiger partial charge is 0.507 e. The molecule has 0 fully saturated rings. The summed E-state index contributed by atoms with van der Waals surface area (Å²) in [6.45, 7) is 4.42. The first-order valence-electron chi connectivity index (χ1n) is 12.7. The molecule has 0 saturated carbocycles. The number of thiophene rings is 1. The summed E-state index contributed by atoms with van der Waals surface area (Å²) in [5.41, 5.74) is 7.42. The smallest absolute Gasteiger partial charge is 0.124 e. The summed E-state index contributed by atoms with van der Waals surface area (Å²) < 4.78 is 1.21. The second-order valence-corrected chi connectivity index (χ2v) is 11.1. The average molecular weight is 513 g/mol. The van der Waals surface area contributed by atoms with Crippen molar-refractivity contribution < 1.29 is 10.2 Å². The molecule has 0 amide bonds. The molecule has 2 N–H and O–H groups in total. The first-order valence-corrected chi connectivity index (χ1v) is 13.6. The Bertz CT molecular complexity index is 1750. The predicted molar refractivity (Wildman–Crippen MR) is 160 cm³/mol. The molecule has 2 nitrogen and oxygen atoms in total. The van der Waals surface area contributed by atoms with Gasteiger partial charge in [0.15, 0.2) is 0 Å². The summed E-state index contributed by atoms with van der Waals surface area (Å²) in [6, 6.07) is 38.5. The van der Waals surface area contributed by atoms with Crippen LogP contribution in [0.1, 0.15) is 25.0 Å². The van der Waals surface area contributed by atoms with Crippen LogP contribution in [0.25, 0.3) is 43.5 Å². The summed E-state index contributed by atoms with van der Waals surface area (Å²) in [6.07, 6.45) is 0. The first-order chi connectivity index (χ1) is 18.4. The Hall–Kier alpha value is -4.34. The van der Waals surface area contributed by atoms with Crippen LogP contribution in [-0.2, 0) is 5.41 Å². The third kappa shape index (κ3) is 4.15. The molecule has 6 rings (SSSR count). The van der Waals surface area contributed by atoms with Crippen molar-refractivity contribution in [2.45, 2.75) is 19.3 Å². The number of rotatable bonds is 5. The highest BCUT2D eigenvalue weighted by Crippen LogP contribution is 2.48. The number of aromatic hydroxyl groups is 2. The Morgan fingerprint density at radius 3 is 2.00 bits per heavy atom. The van der Waals surface area contributed by atoms with Gasteiger partial charge in [0.2, 0.25) is 0 Å². The van der Waals surface area contributed by atoms with Gasteiger partial charge >= 0.3 is 0 Å². The molecule has 6 aromatic rings. The van der Waals surface area contributed by atoms with Crippen LogP contribution in [0.3, 0.4) is 0 Å². The van der Waals surface area contributed by atoms with E-state index in [1.54, 1.807) is 17.4 Å². The molecular formula is C35H28O2S. The Labute approximate surface area is 227 Å². The van der Waals surface area contributed by atoms with Crippen LogP contribution in [0.4, 0.5) is 0 Å². The lowest BCUT2D eigenvalue weighted by Crippen LogP contribution is -2.20. The lowest BCUT2D eigenvalue weighted by atomic mass is 9.72. The average Bonchev–Trinajstić information content (AvgIpc) is 3.42. The van der Waals surface area contributed by atoms with E-state index in [0.29, 0.717) is 0 Å². The highest BCUT2D eigenvalue weighted by Gasteiger charge is 2.30. The van der Waals surface area contributed by atoms with Gasteiger partial charge in [0.1, 0.15) is 11.5 Å². The predicted octanol–water partition coefficient (Wildman–Crippen LogP) is 9.64. The summed E-state index contributed by atoms with van der Waals surface area (Å²) in [5.74, 6) is 0.516. The second kappa shape index (κ2) is 9.51. The van der Waals surface area contributed by atoms with Gasteiger partial charge in [-0.1, -0.05) is 98.8 Å². The van der Waals surface area contributed by atoms with Crippen molar-refractivity contribution in [1.29, 1.82) is 0 Å². The molecule has 0 aliphatic carbocycles. The van der Waals surface area contributed by atoms with Crippen LogP contribution in [0, 0.1) is 0 Å². The summed E-state index contributed by atoms with van der Waals surface area (Å²) in [4.78, 5) is 0. The number of phenolic OH excluding ortho intramolecular Hbond substituents is 2. The maximum Gasteiger partial charge on any atom is 0.124 e. The van der Waals surface area contributed by atoms with Gasteiger partial charge in [-0.15, -0.1) is 11.3 Å². The molecule has 0 unspecified atom stereocenters. The fraction of sp³-hybridized carbons (Fsp3) is 0.0857. The number of fused-ring (bicyclic) bond motifs is 1. The molecule has 5 aromatic carbocycles. The SMILES string of the molecule is CC(C)(c1ccc(O)c(-c2ccccc2)c1)c1ccc(O)c(-c2ccccc2)c1-c1ccc2ccsc2c1. The highest BCUT2D eigenvalue weighted by atomic mass is 32.1. The lowest BCUT2D eigenvalue weighted by molar-refractivity contribution is 0.476. The molecule has 1 aromatic heterocycles. The number of hydrogen-bond acceptors (Lipinski definition) is 3. The zero-order valence-corrected chi connectivity index (χ0v) is 22.2. The van der Waals surface area contributed by atoms with E-state index in [1.165, 1.54) is 10.1 Å². The maximum absolute atomic E-state index is 11.2. The molecule has 38 heavy (non-hydrogen) atoms. The topological polar surface area (TPSA) is 40.5 Å². The van der Waals surface area contributed by atoms with Crippen LogP contribution >= 0.6 is 11.3 Å². The molecule has 0 saturated heterocycles. The summed E-state index contributed by atoms with van der Waals surface area (Å²) in [5, 5.41) is 25.3. The van der Waals surface area contributed by atoms with Crippen LogP contribution in [0.5, 0.6) is 11.5 Å². The van der Waals surface area contributed by atoms with Gasteiger partial charge in [0.05, 0.1) is 0 Å². The third-order valence-corrected chi connectivity index (χ3v) is 8.35. The summed E-state index contributed by atoms with van der Waals surface area (Å²) >= 11 is 1.72. The van der Waals surface area contributed by atoms with E-state index in [4.69, 9.17) is 0 Å². The van der Waals surface area contributed by atoms with Crippen molar-refractivity contribution in [1.82, 2.24) is 0 Å². The monoisotopic (exact) mass is 512 g/mol. The molecule has 186 valence electrons. The molecule has 3 heteroatoms. The van der Waals surface area contributed by atoms with Gasteiger partial charge < -0.3 is 10.2 Å². The zero-order valence-electron chi connectivity index (χ0n) is 21.3. The van der Waals surface area contributed by atoms with Crippen LogP contribution < -0.4 is 0 Å². The number of phenols is 2. The van der Waals surface area contributed by atoms with Crippen molar-refractivity contribution in [2.24, 2.45) is 0 Å². The van der Waals surface area contributed by atoms with Crippen molar-refractivity contribution in [2.75, 3.05) is 0 Å². The Morgan fingerprint density at radius 2 is 1.26 bits per heavy atom. The van der Waals surface area contributed by atoms with Gasteiger partial charge in [-0.3, -0.25) is 0 Å². The zero-order chi connectivity index (χ0) is 26.3. The van der Waals surface area contributed by atoms with Crippen LogP contribution in [0.15, 0.2) is 121 Å². The molecule has 1 heterocycles. The molecule has 0 atom stereocenters. The van der Waals surface area contributed by atoms with Crippen LogP contribution in [-0.4, -0.2) is 10.2 Å². The molecular weight excluding hydrogens is 484 g/mol. The number of hydrogen-bond donors (Lipinski definition) is 2. The van der Waals surface area contributed by atoms with Gasteiger partial charge in [0.25, 0.3) is 0 Å². The third-order valence-electron chi connectivity index (χ3n) is 7.47. The second-order valence-electron chi connectivity index (χ2n) is 10.1. The van der Waals surface area contributed by atoms with Gasteiger partial charge in [-0.25, -0.2) is 0 Å². The minimum Gasteiger partial charge on any atom is -0.507 e. The van der Waals surface area contributed by atoms with Crippen molar-refractivity contribution in [3.63, 3.8) is 0 Å². The Kier molecular flexibility index (Phi) is 6.01. The Balaban J connectivity index is 1.62. The van der Waals surface area contributed by atoms with E-state index in [2.05, 4.69) is 49.6 Å². The molecule has 0 aliphatic rings. The van der Waals surface area contributed by atoms with Gasteiger partial charge in [-0.05, 0) is 74.5 Å². The lowest BCUT2D eigenvalue weighted by Gasteiger charge is -2.31. The number of benzene rings is 5. The van der Waals surface area contributed by atoms with Crippen molar-refractivity contribution >= 4 is 21.4 Å². The fourth-order valence-corrected chi connectivity index (χ4v) is 6.18. The maximum atomic E-state index is 11.2. The molecule has 0 spiro atoms. The van der Waals surface area contributed by atoms with E-state index < -0.39 is 5.41 Å². The quantitative estimate of drug-likeness (QED) is 0.241. The fourth-order valence-electron chi connectivity index (χ4n) is 5.35. The van der Waals surface area contributed by atoms with E-state index in [0.717, 1.165) is 44.5 Å². The van der Waals surface area contributed by atoms with E-state index in [9.17, 15) is 10.2 Å². The minimum atomic E-state index is -0.436. The van der Waals surface area contributed by atoms with Gasteiger partial charge in [-0.2, -0.15) is 0 Å². The van der Waals surface area contributed by atoms with E-state index >= 15 is 0 Å². The van der Waals surface area contributed by atoms with Crippen LogP contribution in [0.2, 0.25) is 0 Å². The molecule has 0 radical (unpaired) electrons. The van der Waals surface area contributed by atoms with E-state index in [-0.39, 0.29) is 11.5 Å². The van der Waals surface area contributed by atoms with E-state index in [1.807, 2.05) is 78.9 Å². The highest BCUT2D eigenvalue weighted by molar-refractivity contribution is 7.17. The summed E-state index contributed by atoms with van der Waals surface area (Å²) in [7, 11) is 0. The standard InChI is InChI=1S/C35H28O2S/c1-35(2,27-15-17-30(36)28(22-27)23-9-5-3-6-10-23)29-16-18-31(37)34(25-11-7-4-8-12-25)33(29)26-14-13-24-19-20-38-32(24)21-26/h3-22,36-37H,1-2H3. The van der Waals surface area contributed by atoms with Crippen molar-refractivity contribution in [3.05, 3.63) is 132 Å². The van der Waals surface area contributed by atoms with Crippen molar-refractivity contribution in [3.8, 4) is 44.9 Å². The minimum absolute atomic E-state index is 0.257. The molecule has 0 bridgehead atoms. The molecule has 0 aliphatic heterocycles.